The summed E-state index contributed by atoms with van der Waals surface area (Å²) >= 11 is 0. The number of hydrogen-bond donors (Lipinski definition) is 1. The molecule has 0 aromatic rings. The highest BCUT2D eigenvalue weighted by Crippen LogP contribution is 2.15. The van der Waals surface area contributed by atoms with Gasteiger partial charge in [-0.3, -0.25) is 0 Å². The summed E-state index contributed by atoms with van der Waals surface area (Å²) in [4.78, 5) is 2.12. The SMILES string of the molecule is CN(C)CC(C)(C)CN=N. The molecule has 0 aliphatic rings. The van der Waals surface area contributed by atoms with Crippen molar-refractivity contribution in [3.05, 3.63) is 0 Å². The predicted octanol–water partition coefficient (Wildman–Crippen LogP) is 1.61. The van der Waals surface area contributed by atoms with Gasteiger partial charge in [0, 0.05) is 6.54 Å². The maximum Gasteiger partial charge on any atom is 0.0659 e. The Morgan fingerprint density at radius 1 is 1.40 bits per heavy atom. The van der Waals surface area contributed by atoms with Crippen molar-refractivity contribution in [2.24, 2.45) is 10.5 Å². The van der Waals surface area contributed by atoms with E-state index in [1.54, 1.807) is 0 Å². The van der Waals surface area contributed by atoms with Gasteiger partial charge in [0.15, 0.2) is 0 Å². The highest BCUT2D eigenvalue weighted by Gasteiger charge is 2.17. The fourth-order valence-electron chi connectivity index (χ4n) is 1.12. The van der Waals surface area contributed by atoms with Crippen LogP contribution in [-0.4, -0.2) is 32.1 Å². The Labute approximate surface area is 62.9 Å². The van der Waals surface area contributed by atoms with Gasteiger partial charge in [-0.2, -0.15) is 5.11 Å². The molecule has 3 nitrogen and oxygen atoms in total. The molecule has 60 valence electrons. The molecule has 0 radical (unpaired) electrons. The predicted molar refractivity (Wildman–Crippen MR) is 42.3 cm³/mol. The third-order valence-corrected chi connectivity index (χ3v) is 1.25. The van der Waals surface area contributed by atoms with E-state index in [0.717, 1.165) is 6.54 Å². The summed E-state index contributed by atoms with van der Waals surface area (Å²) in [6, 6.07) is 0. The van der Waals surface area contributed by atoms with Crippen molar-refractivity contribution < 1.29 is 0 Å². The molecule has 0 spiro atoms. The van der Waals surface area contributed by atoms with Crippen molar-refractivity contribution in [2.45, 2.75) is 13.8 Å². The van der Waals surface area contributed by atoms with Gasteiger partial charge >= 0.3 is 0 Å². The van der Waals surface area contributed by atoms with Gasteiger partial charge in [0.05, 0.1) is 6.54 Å². The van der Waals surface area contributed by atoms with Crippen molar-refractivity contribution in [2.75, 3.05) is 27.2 Å². The summed E-state index contributed by atoms with van der Waals surface area (Å²) in [7, 11) is 4.07. The van der Waals surface area contributed by atoms with Crippen molar-refractivity contribution in [1.82, 2.24) is 4.90 Å². The Morgan fingerprint density at radius 2 is 1.90 bits per heavy atom. The number of nitrogens with zero attached hydrogens (tertiary/aromatic N) is 2. The Hall–Kier alpha value is -0.440. The highest BCUT2D eigenvalue weighted by atomic mass is 15.1. The van der Waals surface area contributed by atoms with Crippen LogP contribution in [0.15, 0.2) is 5.11 Å². The number of rotatable bonds is 4. The van der Waals surface area contributed by atoms with Gasteiger partial charge in [0.2, 0.25) is 0 Å². The lowest BCUT2D eigenvalue weighted by Gasteiger charge is -2.25. The topological polar surface area (TPSA) is 39.5 Å². The lowest BCUT2D eigenvalue weighted by molar-refractivity contribution is 0.245. The highest BCUT2D eigenvalue weighted by molar-refractivity contribution is 4.72. The van der Waals surface area contributed by atoms with Gasteiger partial charge in [0.25, 0.3) is 0 Å². The largest absolute Gasteiger partial charge is 0.309 e. The van der Waals surface area contributed by atoms with Crippen molar-refractivity contribution >= 4 is 0 Å². The molecule has 0 rings (SSSR count). The average molecular weight is 143 g/mol. The summed E-state index contributed by atoms with van der Waals surface area (Å²) in [5.74, 6) is 0. The van der Waals surface area contributed by atoms with Crippen LogP contribution in [0.2, 0.25) is 0 Å². The molecule has 0 unspecified atom stereocenters. The minimum absolute atomic E-state index is 0.144. The fourth-order valence-corrected chi connectivity index (χ4v) is 1.12. The summed E-state index contributed by atoms with van der Waals surface area (Å²) in [6.07, 6.45) is 0. The quantitative estimate of drug-likeness (QED) is 0.596. The molecule has 0 aliphatic carbocycles. The molecule has 0 aromatic carbocycles. The maximum absolute atomic E-state index is 6.71. The third-order valence-electron chi connectivity index (χ3n) is 1.25. The minimum atomic E-state index is 0.144. The van der Waals surface area contributed by atoms with E-state index in [0.29, 0.717) is 6.54 Å². The van der Waals surface area contributed by atoms with Gasteiger partial charge in [0.1, 0.15) is 0 Å². The van der Waals surface area contributed by atoms with Crippen molar-refractivity contribution in [1.29, 1.82) is 5.53 Å². The van der Waals surface area contributed by atoms with Gasteiger partial charge < -0.3 is 4.90 Å². The molecule has 1 N–H and O–H groups in total. The molecule has 10 heavy (non-hydrogen) atoms. The molecule has 0 fully saturated rings. The second kappa shape index (κ2) is 3.66. The van der Waals surface area contributed by atoms with E-state index in [1.165, 1.54) is 0 Å². The van der Waals surface area contributed by atoms with Crippen molar-refractivity contribution in [3.8, 4) is 0 Å². The number of hydrogen-bond acceptors (Lipinski definition) is 3. The monoisotopic (exact) mass is 143 g/mol. The van der Waals surface area contributed by atoms with Gasteiger partial charge in [-0.15, -0.1) is 0 Å². The van der Waals surface area contributed by atoms with Crippen LogP contribution in [0.1, 0.15) is 13.8 Å². The van der Waals surface area contributed by atoms with Crippen LogP contribution in [0.25, 0.3) is 0 Å². The van der Waals surface area contributed by atoms with Crippen molar-refractivity contribution in [3.63, 3.8) is 0 Å². The smallest absolute Gasteiger partial charge is 0.0659 e. The molecular weight excluding hydrogens is 126 g/mol. The summed E-state index contributed by atoms with van der Waals surface area (Å²) in [6.45, 7) is 5.83. The fraction of sp³-hybridized carbons (Fsp3) is 1.00. The zero-order chi connectivity index (χ0) is 8.20. The minimum Gasteiger partial charge on any atom is -0.309 e. The zero-order valence-electron chi connectivity index (χ0n) is 7.31. The van der Waals surface area contributed by atoms with Crippen LogP contribution in [0.5, 0.6) is 0 Å². The van der Waals surface area contributed by atoms with E-state index in [4.69, 9.17) is 5.53 Å². The van der Waals surface area contributed by atoms with Crippen LogP contribution in [0.4, 0.5) is 0 Å². The molecule has 0 saturated carbocycles. The van der Waals surface area contributed by atoms with Crippen LogP contribution in [0, 0.1) is 10.9 Å². The Morgan fingerprint density at radius 3 is 2.20 bits per heavy atom. The van der Waals surface area contributed by atoms with Gasteiger partial charge in [-0.05, 0) is 19.5 Å². The first kappa shape index (κ1) is 9.56. The Bertz CT molecular complexity index is 107. The van der Waals surface area contributed by atoms with E-state index in [2.05, 4.69) is 23.9 Å². The second-order valence-corrected chi connectivity index (χ2v) is 3.72. The van der Waals surface area contributed by atoms with E-state index < -0.39 is 0 Å². The molecule has 0 atom stereocenters. The van der Waals surface area contributed by atoms with Crippen LogP contribution >= 0.6 is 0 Å². The van der Waals surface area contributed by atoms with E-state index >= 15 is 0 Å². The molecule has 0 amide bonds. The summed E-state index contributed by atoms with van der Waals surface area (Å²) < 4.78 is 0. The molecule has 3 heteroatoms. The second-order valence-electron chi connectivity index (χ2n) is 3.72. The lowest BCUT2D eigenvalue weighted by atomic mass is 9.93. The summed E-state index contributed by atoms with van der Waals surface area (Å²) in [5.41, 5.74) is 6.85. The van der Waals surface area contributed by atoms with Gasteiger partial charge in [-0.25, -0.2) is 5.53 Å². The molecule has 0 saturated heterocycles. The summed E-state index contributed by atoms with van der Waals surface area (Å²) in [5, 5.41) is 3.38. The number of nitrogens with one attached hydrogen (secondary N) is 1. The van der Waals surface area contributed by atoms with Gasteiger partial charge in [-0.1, -0.05) is 13.8 Å². The maximum atomic E-state index is 6.71. The van der Waals surface area contributed by atoms with E-state index in [9.17, 15) is 0 Å². The first-order valence-electron chi connectivity index (χ1n) is 3.46. The third kappa shape index (κ3) is 4.44. The molecule has 0 bridgehead atoms. The first-order chi connectivity index (χ1) is 4.48. The normalized spacial score (nSPS) is 12.1. The molecular formula is C7H17N3. The van der Waals surface area contributed by atoms with E-state index in [1.807, 2.05) is 14.1 Å². The standard InChI is InChI=1S/C7H17N3/c1-7(2,5-9-8)6-10(3)4/h8H,5-6H2,1-4H3. The first-order valence-corrected chi connectivity index (χ1v) is 3.46. The average Bonchev–Trinajstić information content (AvgIpc) is 1.59. The van der Waals surface area contributed by atoms with Crippen LogP contribution in [0.3, 0.4) is 0 Å². The zero-order valence-corrected chi connectivity index (χ0v) is 7.31. The van der Waals surface area contributed by atoms with E-state index in [-0.39, 0.29) is 5.41 Å². The van der Waals surface area contributed by atoms with Crippen LogP contribution in [-0.2, 0) is 0 Å². The lowest BCUT2D eigenvalue weighted by Crippen LogP contribution is -2.30. The molecule has 0 heterocycles. The Kier molecular flexibility index (Phi) is 3.50. The van der Waals surface area contributed by atoms with Crippen LogP contribution < -0.4 is 0 Å². The molecule has 0 aromatic heterocycles. The molecule has 0 aliphatic heterocycles. The Balaban J connectivity index is 3.73.